The number of aryl methyl sites for hydroxylation is 1. The fourth-order valence-electron chi connectivity index (χ4n) is 2.77. The second-order valence-electron chi connectivity index (χ2n) is 5.04. The number of amides is 1. The summed E-state index contributed by atoms with van der Waals surface area (Å²) in [5.74, 6) is 0.219. The maximum Gasteiger partial charge on any atom is 0.232 e. The van der Waals surface area contributed by atoms with Gasteiger partial charge in [-0.1, -0.05) is 6.07 Å². The quantitative estimate of drug-likeness (QED) is 0.765. The summed E-state index contributed by atoms with van der Waals surface area (Å²) in [6.45, 7) is 2.06. The fourth-order valence-corrected chi connectivity index (χ4v) is 2.77. The summed E-state index contributed by atoms with van der Waals surface area (Å²) in [5, 5.41) is 0. The van der Waals surface area contributed by atoms with E-state index in [2.05, 4.69) is 0 Å². The van der Waals surface area contributed by atoms with Gasteiger partial charge in [0.2, 0.25) is 5.91 Å². The van der Waals surface area contributed by atoms with Crippen LogP contribution in [-0.4, -0.2) is 25.7 Å². The second-order valence-corrected chi connectivity index (χ2v) is 5.04. The highest BCUT2D eigenvalue weighted by Crippen LogP contribution is 2.31. The lowest BCUT2D eigenvalue weighted by molar-refractivity contribution is -0.122. The Balaban J connectivity index is 1.90. The zero-order valence-corrected chi connectivity index (χ0v) is 10.4. The molecule has 18 heavy (non-hydrogen) atoms. The number of nitrogens with two attached hydrogens (primary N) is 1. The Morgan fingerprint density at radius 3 is 3.11 bits per heavy atom. The predicted octanol–water partition coefficient (Wildman–Crippen LogP) is 1.58. The molecule has 1 unspecified atom stereocenters. The molecule has 4 heteroatoms. The molecule has 1 aromatic carbocycles. The maximum atomic E-state index is 12.5. The standard InChI is InChI=1S/C14H18N2O2/c15-12-4-3-10-2-1-6-16(13(10)8-12)14(17)11-5-7-18-9-11/h3-4,8,11H,1-2,5-7,9,15H2. The van der Waals surface area contributed by atoms with E-state index in [0.717, 1.165) is 37.2 Å². The van der Waals surface area contributed by atoms with E-state index in [-0.39, 0.29) is 11.8 Å². The predicted molar refractivity (Wildman–Crippen MR) is 70.5 cm³/mol. The average molecular weight is 246 g/mol. The van der Waals surface area contributed by atoms with Crippen molar-refractivity contribution in [2.45, 2.75) is 19.3 Å². The van der Waals surface area contributed by atoms with Gasteiger partial charge < -0.3 is 15.4 Å². The van der Waals surface area contributed by atoms with E-state index in [1.54, 1.807) is 0 Å². The Morgan fingerprint density at radius 2 is 2.33 bits per heavy atom. The molecule has 2 heterocycles. The lowest BCUT2D eigenvalue weighted by Crippen LogP contribution is -2.40. The van der Waals surface area contributed by atoms with Crippen LogP contribution in [0.2, 0.25) is 0 Å². The van der Waals surface area contributed by atoms with Crippen LogP contribution in [0, 0.1) is 5.92 Å². The number of anilines is 2. The van der Waals surface area contributed by atoms with Gasteiger partial charge in [-0.05, 0) is 37.0 Å². The number of nitrogens with zero attached hydrogens (tertiary/aromatic N) is 1. The van der Waals surface area contributed by atoms with Gasteiger partial charge in [0.25, 0.3) is 0 Å². The first-order chi connectivity index (χ1) is 8.75. The van der Waals surface area contributed by atoms with E-state index >= 15 is 0 Å². The summed E-state index contributed by atoms with van der Waals surface area (Å²) >= 11 is 0. The number of hydrogen-bond donors (Lipinski definition) is 1. The van der Waals surface area contributed by atoms with Crippen LogP contribution in [0.5, 0.6) is 0 Å². The van der Waals surface area contributed by atoms with Crippen molar-refractivity contribution in [2.75, 3.05) is 30.4 Å². The molecule has 1 saturated heterocycles. The Hall–Kier alpha value is -1.55. The number of rotatable bonds is 1. The largest absolute Gasteiger partial charge is 0.399 e. The molecule has 0 aliphatic carbocycles. The highest BCUT2D eigenvalue weighted by Gasteiger charge is 2.31. The smallest absolute Gasteiger partial charge is 0.232 e. The summed E-state index contributed by atoms with van der Waals surface area (Å²) in [6.07, 6.45) is 2.89. The van der Waals surface area contributed by atoms with Gasteiger partial charge in [0.1, 0.15) is 0 Å². The van der Waals surface area contributed by atoms with Crippen LogP contribution >= 0.6 is 0 Å². The van der Waals surface area contributed by atoms with E-state index in [0.29, 0.717) is 13.2 Å². The molecule has 1 atom stereocenters. The molecule has 2 aliphatic rings. The highest BCUT2D eigenvalue weighted by molar-refractivity contribution is 5.96. The van der Waals surface area contributed by atoms with Gasteiger partial charge in [-0.3, -0.25) is 4.79 Å². The molecule has 0 saturated carbocycles. The van der Waals surface area contributed by atoms with Crippen LogP contribution in [0.1, 0.15) is 18.4 Å². The SMILES string of the molecule is Nc1ccc2c(c1)N(C(=O)C1CCOC1)CCC2. The summed E-state index contributed by atoms with van der Waals surface area (Å²) < 4.78 is 5.31. The van der Waals surface area contributed by atoms with Gasteiger partial charge in [-0.15, -0.1) is 0 Å². The van der Waals surface area contributed by atoms with Gasteiger partial charge >= 0.3 is 0 Å². The number of ether oxygens (including phenoxy) is 1. The van der Waals surface area contributed by atoms with Crippen LogP contribution in [0.4, 0.5) is 11.4 Å². The number of carbonyl (C=O) groups excluding carboxylic acids is 1. The van der Waals surface area contributed by atoms with Crippen LogP contribution < -0.4 is 10.6 Å². The van der Waals surface area contributed by atoms with Gasteiger partial charge in [0.05, 0.1) is 12.5 Å². The molecule has 4 nitrogen and oxygen atoms in total. The fraction of sp³-hybridized carbons (Fsp3) is 0.500. The molecule has 0 radical (unpaired) electrons. The van der Waals surface area contributed by atoms with E-state index in [9.17, 15) is 4.79 Å². The molecule has 3 rings (SSSR count). The van der Waals surface area contributed by atoms with Crippen molar-refractivity contribution < 1.29 is 9.53 Å². The second kappa shape index (κ2) is 4.61. The third-order valence-corrected chi connectivity index (χ3v) is 3.77. The lowest BCUT2D eigenvalue weighted by atomic mass is 9.98. The van der Waals surface area contributed by atoms with Crippen LogP contribution in [-0.2, 0) is 16.0 Å². The molecule has 2 aliphatic heterocycles. The Kier molecular flexibility index (Phi) is 2.96. The van der Waals surface area contributed by atoms with E-state index < -0.39 is 0 Å². The van der Waals surface area contributed by atoms with Gasteiger partial charge in [-0.25, -0.2) is 0 Å². The molecule has 1 aromatic rings. The molecule has 2 N–H and O–H groups in total. The van der Waals surface area contributed by atoms with Gasteiger partial charge in [-0.2, -0.15) is 0 Å². The number of carbonyl (C=O) groups is 1. The molecule has 0 bridgehead atoms. The third kappa shape index (κ3) is 1.97. The third-order valence-electron chi connectivity index (χ3n) is 3.77. The zero-order chi connectivity index (χ0) is 12.5. The normalized spacial score (nSPS) is 22.9. The minimum absolute atomic E-state index is 0.0254. The number of fused-ring (bicyclic) bond motifs is 1. The molecule has 96 valence electrons. The first-order valence-electron chi connectivity index (χ1n) is 6.53. The number of benzene rings is 1. The van der Waals surface area contributed by atoms with Crippen LogP contribution in [0.15, 0.2) is 18.2 Å². The number of nitrogen functional groups attached to an aromatic ring is 1. The summed E-state index contributed by atoms with van der Waals surface area (Å²) in [7, 11) is 0. The van der Waals surface area contributed by atoms with Crippen molar-refractivity contribution in [3.63, 3.8) is 0 Å². The monoisotopic (exact) mass is 246 g/mol. The van der Waals surface area contributed by atoms with Crippen molar-refractivity contribution in [2.24, 2.45) is 5.92 Å². The first kappa shape index (κ1) is 11.5. The van der Waals surface area contributed by atoms with Crippen LogP contribution in [0.3, 0.4) is 0 Å². The molecule has 0 aromatic heterocycles. The molecule has 1 fully saturated rings. The number of hydrogen-bond acceptors (Lipinski definition) is 3. The molecule has 0 spiro atoms. The topological polar surface area (TPSA) is 55.6 Å². The maximum absolute atomic E-state index is 12.5. The minimum Gasteiger partial charge on any atom is -0.399 e. The Bertz CT molecular complexity index is 467. The van der Waals surface area contributed by atoms with Crippen molar-refractivity contribution in [1.82, 2.24) is 0 Å². The minimum atomic E-state index is 0.0254. The lowest BCUT2D eigenvalue weighted by Gasteiger charge is -2.31. The summed E-state index contributed by atoms with van der Waals surface area (Å²) in [4.78, 5) is 14.4. The Labute approximate surface area is 107 Å². The van der Waals surface area contributed by atoms with Crippen molar-refractivity contribution in [1.29, 1.82) is 0 Å². The van der Waals surface area contributed by atoms with E-state index in [4.69, 9.17) is 10.5 Å². The highest BCUT2D eigenvalue weighted by atomic mass is 16.5. The average Bonchev–Trinajstić information content (AvgIpc) is 2.91. The van der Waals surface area contributed by atoms with Crippen LogP contribution in [0.25, 0.3) is 0 Å². The van der Waals surface area contributed by atoms with Crippen molar-refractivity contribution in [3.8, 4) is 0 Å². The summed E-state index contributed by atoms with van der Waals surface area (Å²) in [6, 6.07) is 5.86. The molecular weight excluding hydrogens is 228 g/mol. The van der Waals surface area contributed by atoms with E-state index in [1.807, 2.05) is 23.1 Å². The zero-order valence-electron chi connectivity index (χ0n) is 10.4. The van der Waals surface area contributed by atoms with Gasteiger partial charge in [0, 0.05) is 24.5 Å². The Morgan fingerprint density at radius 1 is 1.44 bits per heavy atom. The molecular formula is C14H18N2O2. The van der Waals surface area contributed by atoms with Gasteiger partial charge in [0.15, 0.2) is 0 Å². The van der Waals surface area contributed by atoms with Crippen molar-refractivity contribution >= 4 is 17.3 Å². The van der Waals surface area contributed by atoms with Crippen molar-refractivity contribution in [3.05, 3.63) is 23.8 Å². The van der Waals surface area contributed by atoms with E-state index in [1.165, 1.54) is 5.56 Å². The molecule has 1 amide bonds. The summed E-state index contributed by atoms with van der Waals surface area (Å²) in [5.41, 5.74) is 8.78. The first-order valence-corrected chi connectivity index (χ1v) is 6.53.